The zero-order valence-corrected chi connectivity index (χ0v) is 18.2. The lowest BCUT2D eigenvalue weighted by molar-refractivity contribution is 0.0955. The van der Waals surface area contributed by atoms with E-state index in [4.69, 9.17) is 15.5 Å². The first-order chi connectivity index (χ1) is 15.6. The van der Waals surface area contributed by atoms with Crippen molar-refractivity contribution < 1.29 is 9.53 Å². The smallest absolute Gasteiger partial charge is 0.257 e. The van der Waals surface area contributed by atoms with Crippen LogP contribution in [-0.4, -0.2) is 40.4 Å². The van der Waals surface area contributed by atoms with E-state index >= 15 is 0 Å². The molecule has 0 atom stereocenters. The van der Waals surface area contributed by atoms with Crippen LogP contribution in [0.25, 0.3) is 22.2 Å². The van der Waals surface area contributed by atoms with E-state index in [2.05, 4.69) is 22.3 Å². The van der Waals surface area contributed by atoms with Crippen molar-refractivity contribution in [2.45, 2.75) is 26.2 Å². The van der Waals surface area contributed by atoms with Gasteiger partial charge in [0.1, 0.15) is 22.6 Å². The molecule has 0 spiro atoms. The third-order valence-electron chi connectivity index (χ3n) is 5.18. The van der Waals surface area contributed by atoms with Crippen molar-refractivity contribution in [1.29, 1.82) is 0 Å². The molecule has 4 rings (SSSR count). The number of hydrogen-bond donors (Lipinski definition) is 2. The highest BCUT2D eigenvalue weighted by molar-refractivity contribution is 6.10. The molecule has 2 heterocycles. The Bertz CT molecular complexity index is 1290. The topological polar surface area (TPSA) is 107 Å². The van der Waals surface area contributed by atoms with Crippen molar-refractivity contribution in [2.24, 2.45) is 5.10 Å². The molecule has 0 saturated heterocycles. The Balaban J connectivity index is 1.80. The Morgan fingerprint density at radius 3 is 2.69 bits per heavy atom. The molecule has 0 bridgehead atoms. The average molecular weight is 431 g/mol. The highest BCUT2D eigenvalue weighted by Crippen LogP contribution is 2.28. The van der Waals surface area contributed by atoms with Crippen LogP contribution < -0.4 is 15.8 Å². The van der Waals surface area contributed by atoms with Gasteiger partial charge in [-0.1, -0.05) is 44.0 Å². The molecule has 0 unspecified atom stereocenters. The normalized spacial score (nSPS) is 11.4. The molecular formula is C24H26N6O2. The number of carbonyl (C=O) groups excluding carboxylic acids is 1. The molecular weight excluding hydrogens is 404 g/mol. The molecule has 0 aliphatic heterocycles. The van der Waals surface area contributed by atoms with Gasteiger partial charge < -0.3 is 15.8 Å². The van der Waals surface area contributed by atoms with E-state index in [1.54, 1.807) is 13.3 Å². The predicted octanol–water partition coefficient (Wildman–Crippen LogP) is 3.98. The Hall–Kier alpha value is -3.94. The largest absolute Gasteiger partial charge is 0.497 e. The summed E-state index contributed by atoms with van der Waals surface area (Å²) in [5.74, 6) is 0.642. The first-order valence-electron chi connectivity index (χ1n) is 10.7. The monoisotopic (exact) mass is 430 g/mol. The van der Waals surface area contributed by atoms with Gasteiger partial charge in [-0.25, -0.2) is 9.97 Å². The van der Waals surface area contributed by atoms with Gasteiger partial charge in [0.2, 0.25) is 0 Å². The van der Waals surface area contributed by atoms with Crippen molar-refractivity contribution in [3.05, 3.63) is 59.7 Å². The van der Waals surface area contributed by atoms with E-state index in [-0.39, 0.29) is 17.3 Å². The maximum absolute atomic E-state index is 13.0. The summed E-state index contributed by atoms with van der Waals surface area (Å²) in [5, 5.41) is 7.48. The Labute approximate surface area is 186 Å². The van der Waals surface area contributed by atoms with Gasteiger partial charge in [-0.3, -0.25) is 4.79 Å². The molecule has 2 aromatic carbocycles. The second-order valence-corrected chi connectivity index (χ2v) is 7.44. The van der Waals surface area contributed by atoms with E-state index in [1.165, 1.54) is 4.68 Å². The van der Waals surface area contributed by atoms with E-state index in [1.807, 2.05) is 48.5 Å². The summed E-state index contributed by atoms with van der Waals surface area (Å²) >= 11 is 0. The van der Waals surface area contributed by atoms with E-state index in [0.29, 0.717) is 28.7 Å². The molecule has 8 heteroatoms. The molecule has 0 aliphatic carbocycles. The summed E-state index contributed by atoms with van der Waals surface area (Å²) in [5.41, 5.74) is 9.77. The minimum absolute atomic E-state index is 0.197. The minimum atomic E-state index is -0.275. The van der Waals surface area contributed by atoms with Crippen LogP contribution in [0.2, 0.25) is 0 Å². The zero-order valence-electron chi connectivity index (χ0n) is 18.2. The number of nitrogens with two attached hydrogens (primary N) is 1. The average Bonchev–Trinajstić information content (AvgIpc) is 3.09. The van der Waals surface area contributed by atoms with Crippen LogP contribution in [0.3, 0.4) is 0 Å². The fourth-order valence-electron chi connectivity index (χ4n) is 3.50. The summed E-state index contributed by atoms with van der Waals surface area (Å²) in [6, 6.07) is 15.0. The number of benzene rings is 2. The third kappa shape index (κ3) is 4.25. The van der Waals surface area contributed by atoms with Crippen molar-refractivity contribution in [2.75, 3.05) is 19.4 Å². The van der Waals surface area contributed by atoms with Crippen LogP contribution in [-0.2, 0) is 0 Å². The van der Waals surface area contributed by atoms with Gasteiger partial charge in [0.05, 0.1) is 24.4 Å². The highest BCUT2D eigenvalue weighted by Gasteiger charge is 2.23. The van der Waals surface area contributed by atoms with Crippen molar-refractivity contribution in [1.82, 2.24) is 20.0 Å². The van der Waals surface area contributed by atoms with Crippen molar-refractivity contribution in [3.8, 4) is 5.75 Å². The Morgan fingerprint density at radius 1 is 1.16 bits per heavy atom. The number of nitrogens with one attached hydrogen (secondary N) is 1. The summed E-state index contributed by atoms with van der Waals surface area (Å²) in [7, 11) is 1.61. The second-order valence-electron chi connectivity index (χ2n) is 7.44. The van der Waals surface area contributed by atoms with Crippen LogP contribution in [0, 0.1) is 0 Å². The molecule has 0 saturated carbocycles. The number of para-hydroxylation sites is 2. The lowest BCUT2D eigenvalue weighted by Gasteiger charge is -2.05. The number of aromatic nitrogens is 3. The van der Waals surface area contributed by atoms with E-state index in [0.717, 1.165) is 30.6 Å². The fraction of sp³-hybridized carbons (Fsp3) is 0.250. The van der Waals surface area contributed by atoms with Gasteiger partial charge in [-0.2, -0.15) is 9.78 Å². The van der Waals surface area contributed by atoms with Crippen LogP contribution in [0.4, 0.5) is 5.82 Å². The molecule has 0 radical (unpaired) electrons. The predicted molar refractivity (Wildman–Crippen MR) is 127 cm³/mol. The van der Waals surface area contributed by atoms with Crippen LogP contribution in [0.1, 0.15) is 42.1 Å². The summed E-state index contributed by atoms with van der Waals surface area (Å²) in [6.45, 7) is 2.70. The number of rotatable bonds is 8. The maximum atomic E-state index is 13.0. The molecule has 1 amide bonds. The number of methoxy groups -OCH3 is 1. The number of hydrogen-bond acceptors (Lipinski definition) is 6. The number of anilines is 1. The van der Waals surface area contributed by atoms with E-state index in [9.17, 15) is 4.79 Å². The number of ether oxygens (including phenoxy) is 1. The van der Waals surface area contributed by atoms with Gasteiger partial charge in [0.25, 0.3) is 5.91 Å². The quantitative estimate of drug-likeness (QED) is 0.325. The fourth-order valence-corrected chi connectivity index (χ4v) is 3.50. The zero-order chi connectivity index (χ0) is 22.5. The van der Waals surface area contributed by atoms with E-state index < -0.39 is 0 Å². The molecule has 32 heavy (non-hydrogen) atoms. The second kappa shape index (κ2) is 9.47. The van der Waals surface area contributed by atoms with Gasteiger partial charge in [-0.05, 0) is 36.2 Å². The van der Waals surface area contributed by atoms with Crippen molar-refractivity contribution >= 4 is 40.1 Å². The molecule has 0 fully saturated rings. The number of fused-ring (bicyclic) bond motifs is 2. The maximum Gasteiger partial charge on any atom is 0.257 e. The highest BCUT2D eigenvalue weighted by atomic mass is 16.5. The summed E-state index contributed by atoms with van der Waals surface area (Å²) in [4.78, 5) is 22.4. The summed E-state index contributed by atoms with van der Waals surface area (Å²) in [6.07, 6.45) is 4.68. The number of nitrogens with zero attached hydrogens (tertiary/aromatic N) is 4. The summed E-state index contributed by atoms with van der Waals surface area (Å²) < 4.78 is 6.74. The van der Waals surface area contributed by atoms with Crippen molar-refractivity contribution in [3.63, 3.8) is 0 Å². The lowest BCUT2D eigenvalue weighted by atomic mass is 10.2. The molecule has 8 nitrogen and oxygen atoms in total. The van der Waals surface area contributed by atoms with Gasteiger partial charge in [0.15, 0.2) is 5.65 Å². The molecule has 2 aromatic heterocycles. The number of amides is 1. The van der Waals surface area contributed by atoms with Crippen LogP contribution in [0.15, 0.2) is 53.6 Å². The SMILES string of the molecule is CCCCCNC(=O)c1c(N)n(N=Cc2cccc(OC)c2)c2nc3ccccc3nc12. The van der Waals surface area contributed by atoms with Gasteiger partial charge >= 0.3 is 0 Å². The molecule has 164 valence electrons. The molecule has 0 aliphatic rings. The first kappa shape index (κ1) is 21.3. The number of unbranched alkanes of at least 4 members (excludes halogenated alkanes) is 2. The van der Waals surface area contributed by atoms with Crippen LogP contribution >= 0.6 is 0 Å². The number of carbonyl (C=O) groups is 1. The Morgan fingerprint density at radius 2 is 1.94 bits per heavy atom. The number of nitrogen functional groups attached to an aromatic ring is 1. The van der Waals surface area contributed by atoms with Gasteiger partial charge in [-0.15, -0.1) is 0 Å². The Kier molecular flexibility index (Phi) is 6.30. The molecule has 3 N–H and O–H groups in total. The standard InChI is InChI=1S/C24H26N6O2/c1-3-4-7-13-26-24(31)20-21-23(29-19-12-6-5-11-18(19)28-21)30(22(20)25)27-15-16-9-8-10-17(14-16)32-2/h5-6,8-12,14-15H,3-4,7,13,25H2,1-2H3,(H,26,31). The van der Waals surface area contributed by atoms with Crippen LogP contribution in [0.5, 0.6) is 5.75 Å². The van der Waals surface area contributed by atoms with Gasteiger partial charge in [0, 0.05) is 6.54 Å². The first-order valence-corrected chi connectivity index (χ1v) is 10.7. The third-order valence-corrected chi connectivity index (χ3v) is 5.18. The lowest BCUT2D eigenvalue weighted by Crippen LogP contribution is -2.25. The molecule has 4 aromatic rings. The minimum Gasteiger partial charge on any atom is -0.497 e.